The summed E-state index contributed by atoms with van der Waals surface area (Å²) in [6.07, 6.45) is 2.43. The number of aromatic nitrogens is 2. The number of likely N-dealkylation sites (tertiary alicyclic amines) is 1. The van der Waals surface area contributed by atoms with E-state index in [2.05, 4.69) is 36.1 Å². The molecule has 1 saturated heterocycles. The summed E-state index contributed by atoms with van der Waals surface area (Å²) >= 11 is 0. The van der Waals surface area contributed by atoms with Crippen molar-refractivity contribution in [1.29, 1.82) is 0 Å². The van der Waals surface area contributed by atoms with Gasteiger partial charge in [0.25, 0.3) is 11.5 Å². The molecule has 0 aliphatic carbocycles. The summed E-state index contributed by atoms with van der Waals surface area (Å²) < 4.78 is 1.56. The fourth-order valence-electron chi connectivity index (χ4n) is 4.22. The molecular formula is C26H32N4O2. The van der Waals surface area contributed by atoms with Gasteiger partial charge in [0.1, 0.15) is 0 Å². The quantitative estimate of drug-likeness (QED) is 0.645. The van der Waals surface area contributed by atoms with Gasteiger partial charge in [-0.2, -0.15) is 5.10 Å². The highest BCUT2D eigenvalue weighted by Gasteiger charge is 2.16. The molecule has 0 saturated carbocycles. The van der Waals surface area contributed by atoms with E-state index in [0.29, 0.717) is 23.2 Å². The SMILES string of the molecule is CC(C)(C)c1ccc(C(=O)NCc2nn(CCN3CCCC3)c(=O)c3ccccc23)cc1. The molecular weight excluding hydrogens is 400 g/mol. The summed E-state index contributed by atoms with van der Waals surface area (Å²) in [5.41, 5.74) is 2.48. The Hall–Kier alpha value is -2.99. The standard InChI is InChI=1S/C26H32N4O2/c1-26(2,3)20-12-10-19(11-13-20)24(31)27-18-23-21-8-4-5-9-22(21)25(32)30(28-23)17-16-29-14-6-7-15-29/h4-5,8-13H,6-7,14-18H2,1-3H3,(H,27,31). The number of nitrogens with one attached hydrogen (secondary N) is 1. The Kier molecular flexibility index (Phi) is 6.42. The van der Waals surface area contributed by atoms with Crippen LogP contribution in [0.4, 0.5) is 0 Å². The molecule has 2 aromatic carbocycles. The van der Waals surface area contributed by atoms with Crippen molar-refractivity contribution in [2.45, 2.75) is 52.1 Å². The third-order valence-corrected chi connectivity index (χ3v) is 6.20. The van der Waals surface area contributed by atoms with Crippen molar-refractivity contribution >= 4 is 16.7 Å². The number of benzene rings is 2. The first-order valence-electron chi connectivity index (χ1n) is 11.4. The molecule has 1 aliphatic heterocycles. The number of amides is 1. The number of rotatable bonds is 6. The van der Waals surface area contributed by atoms with Gasteiger partial charge in [-0.3, -0.25) is 9.59 Å². The molecule has 0 atom stereocenters. The number of carbonyl (C=O) groups is 1. The molecule has 2 heterocycles. The fraction of sp³-hybridized carbons (Fsp3) is 0.423. The Balaban J connectivity index is 1.53. The number of hydrogen-bond acceptors (Lipinski definition) is 4. The van der Waals surface area contributed by atoms with E-state index in [1.165, 1.54) is 18.4 Å². The van der Waals surface area contributed by atoms with Gasteiger partial charge in [-0.25, -0.2) is 4.68 Å². The summed E-state index contributed by atoms with van der Waals surface area (Å²) in [6, 6.07) is 15.2. The lowest BCUT2D eigenvalue weighted by Gasteiger charge is -2.19. The Labute approximate surface area is 189 Å². The van der Waals surface area contributed by atoms with Crippen LogP contribution in [0.5, 0.6) is 0 Å². The highest BCUT2D eigenvalue weighted by molar-refractivity contribution is 5.94. The maximum atomic E-state index is 13.0. The minimum atomic E-state index is -0.147. The molecule has 0 unspecified atom stereocenters. The molecule has 1 aliphatic rings. The molecule has 1 fully saturated rings. The van der Waals surface area contributed by atoms with Crippen molar-refractivity contribution in [2.24, 2.45) is 0 Å². The second-order valence-corrected chi connectivity index (χ2v) is 9.58. The van der Waals surface area contributed by atoms with Gasteiger partial charge in [0.05, 0.1) is 24.2 Å². The van der Waals surface area contributed by atoms with Gasteiger partial charge >= 0.3 is 0 Å². The van der Waals surface area contributed by atoms with E-state index >= 15 is 0 Å². The summed E-state index contributed by atoms with van der Waals surface area (Å²) in [6.45, 7) is 10.3. The van der Waals surface area contributed by atoms with E-state index in [1.807, 2.05) is 48.5 Å². The Bertz CT molecular complexity index is 1150. The number of carbonyl (C=O) groups excluding carboxylic acids is 1. The lowest BCUT2D eigenvalue weighted by Crippen LogP contribution is -2.32. The van der Waals surface area contributed by atoms with Crippen molar-refractivity contribution in [2.75, 3.05) is 19.6 Å². The largest absolute Gasteiger partial charge is 0.346 e. The van der Waals surface area contributed by atoms with Gasteiger partial charge in [-0.15, -0.1) is 0 Å². The predicted octanol–water partition coefficient (Wildman–Crippen LogP) is 3.72. The Morgan fingerprint density at radius 3 is 2.28 bits per heavy atom. The van der Waals surface area contributed by atoms with Crippen LogP contribution in [-0.2, 0) is 18.5 Å². The van der Waals surface area contributed by atoms with Crippen molar-refractivity contribution in [3.05, 3.63) is 75.7 Å². The first-order chi connectivity index (χ1) is 15.3. The first-order valence-corrected chi connectivity index (χ1v) is 11.4. The maximum absolute atomic E-state index is 13.0. The third kappa shape index (κ3) is 4.91. The zero-order chi connectivity index (χ0) is 22.7. The first kappa shape index (κ1) is 22.2. The predicted molar refractivity (Wildman–Crippen MR) is 128 cm³/mol. The number of nitrogens with zero attached hydrogens (tertiary/aromatic N) is 3. The second kappa shape index (κ2) is 9.25. The summed E-state index contributed by atoms with van der Waals surface area (Å²) in [7, 11) is 0. The van der Waals surface area contributed by atoms with Gasteiger partial charge in [-0.05, 0) is 55.1 Å². The minimum Gasteiger partial charge on any atom is -0.346 e. The van der Waals surface area contributed by atoms with Gasteiger partial charge in [0.2, 0.25) is 0 Å². The van der Waals surface area contributed by atoms with Gasteiger partial charge in [0.15, 0.2) is 0 Å². The average molecular weight is 433 g/mol. The highest BCUT2D eigenvalue weighted by Crippen LogP contribution is 2.22. The molecule has 6 nitrogen and oxygen atoms in total. The van der Waals surface area contributed by atoms with Crippen molar-refractivity contribution in [1.82, 2.24) is 20.0 Å². The van der Waals surface area contributed by atoms with Crippen LogP contribution in [0.2, 0.25) is 0 Å². The molecule has 1 amide bonds. The second-order valence-electron chi connectivity index (χ2n) is 9.58. The molecule has 4 rings (SSSR count). The van der Waals surface area contributed by atoms with Crippen LogP contribution in [0.25, 0.3) is 10.8 Å². The van der Waals surface area contributed by atoms with Crippen LogP contribution in [-0.4, -0.2) is 40.2 Å². The smallest absolute Gasteiger partial charge is 0.274 e. The molecule has 1 N–H and O–H groups in total. The summed E-state index contributed by atoms with van der Waals surface area (Å²) in [4.78, 5) is 28.1. The van der Waals surface area contributed by atoms with Crippen LogP contribution in [0.3, 0.4) is 0 Å². The van der Waals surface area contributed by atoms with Crippen molar-refractivity contribution in [3.8, 4) is 0 Å². The van der Waals surface area contributed by atoms with Gasteiger partial charge in [0, 0.05) is 17.5 Å². The van der Waals surface area contributed by atoms with Crippen LogP contribution in [0.15, 0.2) is 53.3 Å². The minimum absolute atomic E-state index is 0.0423. The van der Waals surface area contributed by atoms with Crippen molar-refractivity contribution < 1.29 is 4.79 Å². The van der Waals surface area contributed by atoms with E-state index in [1.54, 1.807) is 4.68 Å². The topological polar surface area (TPSA) is 67.2 Å². The van der Waals surface area contributed by atoms with E-state index in [4.69, 9.17) is 0 Å². The van der Waals surface area contributed by atoms with Crippen LogP contribution in [0.1, 0.15) is 55.2 Å². The number of hydrogen-bond donors (Lipinski definition) is 1. The molecule has 0 radical (unpaired) electrons. The van der Waals surface area contributed by atoms with Crippen LogP contribution >= 0.6 is 0 Å². The van der Waals surface area contributed by atoms with Crippen LogP contribution < -0.4 is 10.9 Å². The monoisotopic (exact) mass is 432 g/mol. The Morgan fingerprint density at radius 2 is 1.62 bits per heavy atom. The van der Waals surface area contributed by atoms with Crippen molar-refractivity contribution in [3.63, 3.8) is 0 Å². The molecule has 1 aromatic heterocycles. The summed E-state index contributed by atoms with van der Waals surface area (Å²) in [5, 5.41) is 9.05. The lowest BCUT2D eigenvalue weighted by molar-refractivity contribution is 0.0950. The maximum Gasteiger partial charge on any atom is 0.274 e. The van der Waals surface area contributed by atoms with E-state index in [9.17, 15) is 9.59 Å². The summed E-state index contributed by atoms with van der Waals surface area (Å²) in [5.74, 6) is -0.147. The van der Waals surface area contributed by atoms with Gasteiger partial charge < -0.3 is 10.2 Å². The van der Waals surface area contributed by atoms with E-state index in [0.717, 1.165) is 25.0 Å². The zero-order valence-electron chi connectivity index (χ0n) is 19.2. The average Bonchev–Trinajstić information content (AvgIpc) is 3.31. The molecule has 0 spiro atoms. The Morgan fingerprint density at radius 1 is 0.969 bits per heavy atom. The number of fused-ring (bicyclic) bond motifs is 1. The zero-order valence-corrected chi connectivity index (χ0v) is 19.2. The van der Waals surface area contributed by atoms with Crippen LogP contribution in [0, 0.1) is 0 Å². The van der Waals surface area contributed by atoms with E-state index < -0.39 is 0 Å². The molecule has 6 heteroatoms. The molecule has 32 heavy (non-hydrogen) atoms. The molecule has 3 aromatic rings. The lowest BCUT2D eigenvalue weighted by atomic mass is 9.87. The normalized spacial score (nSPS) is 14.7. The fourth-order valence-corrected chi connectivity index (χ4v) is 4.22. The van der Waals surface area contributed by atoms with E-state index in [-0.39, 0.29) is 23.4 Å². The molecule has 0 bridgehead atoms. The third-order valence-electron chi connectivity index (χ3n) is 6.20. The highest BCUT2D eigenvalue weighted by atomic mass is 16.1. The molecule has 168 valence electrons. The van der Waals surface area contributed by atoms with Gasteiger partial charge in [-0.1, -0.05) is 51.1 Å².